The zero-order chi connectivity index (χ0) is 24.1. The second-order valence-corrected chi connectivity index (χ2v) is 8.43. The molecule has 3 N–H and O–H groups in total. The third-order valence-corrected chi connectivity index (χ3v) is 5.94. The van der Waals surface area contributed by atoms with Gasteiger partial charge in [-0.05, 0) is 44.4 Å². The summed E-state index contributed by atoms with van der Waals surface area (Å²) in [6.45, 7) is 3.12. The maximum absolute atomic E-state index is 13.1. The zero-order valence-corrected chi connectivity index (χ0v) is 19.4. The Bertz CT molecular complexity index is 1160. The summed E-state index contributed by atoms with van der Waals surface area (Å²) in [5.74, 6) is -0.906. The first-order chi connectivity index (χ1) is 16.5. The van der Waals surface area contributed by atoms with Crippen molar-refractivity contribution in [1.82, 2.24) is 9.55 Å². The minimum absolute atomic E-state index is 0.0145. The van der Waals surface area contributed by atoms with Gasteiger partial charge < -0.3 is 29.8 Å². The number of nitrogens with zero attached hydrogens (tertiary/aromatic N) is 2. The van der Waals surface area contributed by atoms with Crippen molar-refractivity contribution in [3.63, 3.8) is 0 Å². The number of esters is 1. The molecule has 1 fully saturated rings. The fraction of sp³-hybridized carbons (Fsp3) is 0.400. The molecular weight excluding hydrogens is 436 g/mol. The van der Waals surface area contributed by atoms with E-state index in [1.54, 1.807) is 35.0 Å². The van der Waals surface area contributed by atoms with Gasteiger partial charge in [0.1, 0.15) is 5.65 Å². The molecule has 1 amide bonds. The van der Waals surface area contributed by atoms with Crippen LogP contribution >= 0.6 is 0 Å². The van der Waals surface area contributed by atoms with Crippen LogP contribution in [0.1, 0.15) is 47.0 Å². The van der Waals surface area contributed by atoms with Gasteiger partial charge in [-0.2, -0.15) is 0 Å². The molecule has 3 heterocycles. The average molecular weight is 467 g/mol. The first-order valence-electron chi connectivity index (χ1n) is 11.5. The van der Waals surface area contributed by atoms with Gasteiger partial charge in [0.25, 0.3) is 5.91 Å². The SMILES string of the molecule is COC(=O)c1c(NC(=O)c2ccccc2)c2cc(N[C@H](C)CCO)cnc2n1C[C@H]1CCCO1. The van der Waals surface area contributed by atoms with E-state index in [-0.39, 0.29) is 30.4 Å². The predicted molar refractivity (Wildman–Crippen MR) is 129 cm³/mol. The summed E-state index contributed by atoms with van der Waals surface area (Å²) in [4.78, 5) is 30.7. The van der Waals surface area contributed by atoms with Crippen molar-refractivity contribution >= 4 is 34.3 Å². The van der Waals surface area contributed by atoms with Gasteiger partial charge in [-0.25, -0.2) is 9.78 Å². The van der Waals surface area contributed by atoms with E-state index in [1.807, 2.05) is 19.1 Å². The lowest BCUT2D eigenvalue weighted by Gasteiger charge is -2.15. The predicted octanol–water partition coefficient (Wildman–Crippen LogP) is 3.44. The van der Waals surface area contributed by atoms with E-state index in [4.69, 9.17) is 9.47 Å². The molecule has 2 atom stereocenters. The molecule has 34 heavy (non-hydrogen) atoms. The van der Waals surface area contributed by atoms with Crippen LogP contribution in [0.4, 0.5) is 11.4 Å². The van der Waals surface area contributed by atoms with Crippen LogP contribution in [0.2, 0.25) is 0 Å². The molecule has 0 aliphatic carbocycles. The second kappa shape index (κ2) is 10.7. The van der Waals surface area contributed by atoms with Crippen LogP contribution in [-0.4, -0.2) is 59.0 Å². The number of pyridine rings is 1. The van der Waals surface area contributed by atoms with Crippen molar-refractivity contribution in [2.75, 3.05) is 31.0 Å². The number of nitrogens with one attached hydrogen (secondary N) is 2. The minimum Gasteiger partial charge on any atom is -0.464 e. The highest BCUT2D eigenvalue weighted by molar-refractivity contribution is 6.14. The summed E-state index contributed by atoms with van der Waals surface area (Å²) in [5.41, 5.74) is 2.32. The van der Waals surface area contributed by atoms with Crippen molar-refractivity contribution in [2.24, 2.45) is 0 Å². The highest BCUT2D eigenvalue weighted by Crippen LogP contribution is 2.34. The van der Waals surface area contributed by atoms with Crippen LogP contribution in [-0.2, 0) is 16.0 Å². The lowest BCUT2D eigenvalue weighted by atomic mass is 10.2. The van der Waals surface area contributed by atoms with Crippen LogP contribution in [0.3, 0.4) is 0 Å². The molecule has 1 aliphatic heterocycles. The van der Waals surface area contributed by atoms with Crippen molar-refractivity contribution in [3.8, 4) is 0 Å². The normalized spacial score (nSPS) is 16.4. The van der Waals surface area contributed by atoms with Gasteiger partial charge in [0, 0.05) is 30.2 Å². The van der Waals surface area contributed by atoms with Gasteiger partial charge >= 0.3 is 5.97 Å². The van der Waals surface area contributed by atoms with E-state index in [0.29, 0.717) is 47.5 Å². The molecule has 1 aliphatic rings. The molecule has 0 spiro atoms. The highest BCUT2D eigenvalue weighted by Gasteiger charge is 2.29. The molecule has 0 saturated carbocycles. The number of aliphatic hydroxyl groups excluding tert-OH is 1. The van der Waals surface area contributed by atoms with Crippen molar-refractivity contribution < 1.29 is 24.2 Å². The van der Waals surface area contributed by atoms with Crippen LogP contribution in [0.5, 0.6) is 0 Å². The van der Waals surface area contributed by atoms with Gasteiger partial charge in [0.05, 0.1) is 37.3 Å². The number of carbonyl (C=O) groups excluding carboxylic acids is 2. The maximum Gasteiger partial charge on any atom is 0.356 e. The molecule has 2 aromatic heterocycles. The third-order valence-electron chi connectivity index (χ3n) is 5.94. The summed E-state index contributed by atoms with van der Waals surface area (Å²) >= 11 is 0. The smallest absolute Gasteiger partial charge is 0.356 e. The number of aromatic nitrogens is 2. The van der Waals surface area contributed by atoms with Crippen LogP contribution in [0.25, 0.3) is 11.0 Å². The van der Waals surface area contributed by atoms with E-state index in [9.17, 15) is 14.7 Å². The topological polar surface area (TPSA) is 115 Å². The Balaban J connectivity index is 1.83. The summed E-state index contributed by atoms with van der Waals surface area (Å²) in [5, 5.41) is 16.1. The number of rotatable bonds is 9. The number of hydrogen-bond donors (Lipinski definition) is 3. The molecule has 0 bridgehead atoms. The first-order valence-corrected chi connectivity index (χ1v) is 11.5. The Morgan fingerprint density at radius 1 is 1.32 bits per heavy atom. The Morgan fingerprint density at radius 3 is 2.79 bits per heavy atom. The molecule has 9 nitrogen and oxygen atoms in total. The second-order valence-electron chi connectivity index (χ2n) is 8.43. The average Bonchev–Trinajstić information content (AvgIpc) is 3.46. The maximum atomic E-state index is 13.1. The number of ether oxygens (including phenoxy) is 2. The highest BCUT2D eigenvalue weighted by atomic mass is 16.5. The molecule has 4 rings (SSSR count). The van der Waals surface area contributed by atoms with Crippen molar-refractivity contribution in [2.45, 2.75) is 44.9 Å². The number of hydrogen-bond acceptors (Lipinski definition) is 7. The summed E-state index contributed by atoms with van der Waals surface area (Å²) in [6.07, 6.45) is 4.04. The molecule has 1 aromatic carbocycles. The summed E-state index contributed by atoms with van der Waals surface area (Å²) < 4.78 is 12.7. The molecule has 1 saturated heterocycles. The quantitative estimate of drug-likeness (QED) is 0.414. The largest absolute Gasteiger partial charge is 0.464 e. The Morgan fingerprint density at radius 2 is 2.12 bits per heavy atom. The van der Waals surface area contributed by atoms with Gasteiger partial charge in [0.15, 0.2) is 5.69 Å². The number of benzene rings is 1. The lowest BCUT2D eigenvalue weighted by molar-refractivity contribution is 0.0580. The van der Waals surface area contributed by atoms with E-state index in [1.165, 1.54) is 7.11 Å². The fourth-order valence-corrected chi connectivity index (χ4v) is 4.23. The molecule has 0 unspecified atom stereocenters. The molecule has 180 valence electrons. The Kier molecular flexibility index (Phi) is 7.44. The number of carbonyl (C=O) groups is 2. The number of methoxy groups -OCH3 is 1. The van der Waals surface area contributed by atoms with Crippen LogP contribution < -0.4 is 10.6 Å². The number of anilines is 2. The van der Waals surface area contributed by atoms with E-state index < -0.39 is 5.97 Å². The number of fused-ring (bicyclic) bond motifs is 1. The molecule has 0 radical (unpaired) electrons. The zero-order valence-electron chi connectivity index (χ0n) is 19.4. The van der Waals surface area contributed by atoms with Crippen molar-refractivity contribution in [3.05, 3.63) is 53.9 Å². The summed E-state index contributed by atoms with van der Waals surface area (Å²) in [7, 11) is 1.32. The summed E-state index contributed by atoms with van der Waals surface area (Å²) in [6, 6.07) is 10.7. The molecule has 3 aromatic rings. The Hall–Kier alpha value is -3.43. The van der Waals surface area contributed by atoms with Gasteiger partial charge in [-0.3, -0.25) is 4.79 Å². The van der Waals surface area contributed by atoms with Gasteiger partial charge in [-0.1, -0.05) is 18.2 Å². The standard InChI is InChI=1S/C25H30N4O5/c1-16(10-11-30)27-18-13-20-21(28-24(31)17-7-4-3-5-8-17)22(25(32)33-2)29(23(20)26-14-18)15-19-9-6-12-34-19/h3-5,7-8,13-14,16,19,27,30H,6,9-12,15H2,1-2H3,(H,28,31)/t16-,19-/m1/s1. The van der Waals surface area contributed by atoms with Crippen molar-refractivity contribution in [1.29, 1.82) is 0 Å². The minimum atomic E-state index is -0.567. The van der Waals surface area contributed by atoms with Crippen LogP contribution in [0, 0.1) is 0 Å². The fourth-order valence-electron chi connectivity index (χ4n) is 4.23. The number of amides is 1. The third kappa shape index (κ3) is 5.05. The lowest BCUT2D eigenvalue weighted by Crippen LogP contribution is -2.21. The van der Waals surface area contributed by atoms with E-state index in [2.05, 4.69) is 15.6 Å². The van der Waals surface area contributed by atoms with Gasteiger partial charge in [0.2, 0.25) is 0 Å². The van der Waals surface area contributed by atoms with Crippen LogP contribution in [0.15, 0.2) is 42.6 Å². The molecule has 9 heteroatoms. The monoisotopic (exact) mass is 466 g/mol. The van der Waals surface area contributed by atoms with E-state index in [0.717, 1.165) is 12.8 Å². The van der Waals surface area contributed by atoms with Gasteiger partial charge in [-0.15, -0.1) is 0 Å². The first kappa shape index (κ1) is 23.7. The number of aliphatic hydroxyl groups is 1. The van der Waals surface area contributed by atoms with E-state index >= 15 is 0 Å². The molecular formula is C25H30N4O5. The Labute approximate surface area is 198 Å².